The molecule has 0 radical (unpaired) electrons. The van der Waals surface area contributed by atoms with E-state index < -0.39 is 5.60 Å². The quantitative estimate of drug-likeness (QED) is 0.658. The lowest BCUT2D eigenvalue weighted by Gasteiger charge is -2.22. The zero-order valence-electron chi connectivity index (χ0n) is 14.7. The molecule has 1 saturated heterocycles. The third kappa shape index (κ3) is 3.53. The highest BCUT2D eigenvalue weighted by molar-refractivity contribution is 5.50. The topological polar surface area (TPSA) is 113 Å². The monoisotopic (exact) mass is 366 g/mol. The number of nitrogens with zero attached hydrogens (tertiary/aromatic N) is 5. The van der Waals surface area contributed by atoms with Crippen LogP contribution in [0.25, 0.3) is 11.6 Å². The fourth-order valence-corrected chi connectivity index (χ4v) is 2.92. The number of aliphatic hydroxyl groups is 1. The van der Waals surface area contributed by atoms with E-state index in [0.717, 1.165) is 24.3 Å². The Morgan fingerprint density at radius 3 is 2.96 bits per heavy atom. The van der Waals surface area contributed by atoms with E-state index in [-0.39, 0.29) is 18.3 Å². The van der Waals surface area contributed by atoms with Gasteiger partial charge in [0, 0.05) is 38.0 Å². The number of H-pyrrole nitrogens is 1. The Morgan fingerprint density at radius 1 is 1.37 bits per heavy atom. The van der Waals surface area contributed by atoms with Gasteiger partial charge in [0.2, 0.25) is 0 Å². The fourth-order valence-electron chi connectivity index (χ4n) is 2.92. The van der Waals surface area contributed by atoms with Gasteiger partial charge in [-0.15, -0.1) is 10.2 Å². The molecular formula is C18H18N6O3. The van der Waals surface area contributed by atoms with E-state index >= 15 is 0 Å². The normalized spacial score (nSPS) is 19.1. The second kappa shape index (κ2) is 7.19. The highest BCUT2D eigenvalue weighted by Gasteiger charge is 2.37. The first-order chi connectivity index (χ1) is 13.2. The van der Waals surface area contributed by atoms with Gasteiger partial charge in [-0.25, -0.2) is 0 Å². The van der Waals surface area contributed by atoms with E-state index in [9.17, 15) is 0 Å². The maximum absolute atomic E-state index is 9.01. The SMILES string of the molecule is COC1(C#Cc2cc[nH]c2)CCN(c2ccc(-c3nc(CO)no3)nn2)C1. The van der Waals surface area contributed by atoms with Gasteiger partial charge in [0.05, 0.1) is 6.54 Å². The second-order valence-electron chi connectivity index (χ2n) is 6.17. The van der Waals surface area contributed by atoms with Gasteiger partial charge >= 0.3 is 0 Å². The molecule has 4 rings (SSSR count). The van der Waals surface area contributed by atoms with Crippen LogP contribution >= 0.6 is 0 Å². The molecule has 1 unspecified atom stereocenters. The van der Waals surface area contributed by atoms with E-state index in [4.69, 9.17) is 14.4 Å². The molecule has 3 aromatic rings. The summed E-state index contributed by atoms with van der Waals surface area (Å²) in [6.07, 6.45) is 4.47. The molecule has 0 saturated carbocycles. The van der Waals surface area contributed by atoms with Crippen LogP contribution in [-0.4, -0.2) is 56.2 Å². The smallest absolute Gasteiger partial charge is 0.278 e. The number of hydrogen-bond acceptors (Lipinski definition) is 8. The summed E-state index contributed by atoms with van der Waals surface area (Å²) in [7, 11) is 1.68. The van der Waals surface area contributed by atoms with E-state index in [1.54, 1.807) is 13.2 Å². The van der Waals surface area contributed by atoms with Crippen LogP contribution in [0, 0.1) is 11.8 Å². The molecule has 138 valence electrons. The van der Waals surface area contributed by atoms with Gasteiger partial charge < -0.3 is 24.3 Å². The van der Waals surface area contributed by atoms with Gasteiger partial charge in [-0.2, -0.15) is 4.98 Å². The Hall–Kier alpha value is -3.22. The van der Waals surface area contributed by atoms with Crippen molar-refractivity contribution in [2.24, 2.45) is 0 Å². The summed E-state index contributed by atoms with van der Waals surface area (Å²) in [5, 5.41) is 21.1. The first-order valence-electron chi connectivity index (χ1n) is 8.45. The molecule has 2 N–H and O–H groups in total. The van der Waals surface area contributed by atoms with Crippen molar-refractivity contribution >= 4 is 5.82 Å². The minimum absolute atomic E-state index is 0.210. The van der Waals surface area contributed by atoms with Gasteiger partial charge in [0.25, 0.3) is 5.89 Å². The van der Waals surface area contributed by atoms with E-state index in [0.29, 0.717) is 12.2 Å². The minimum Gasteiger partial charge on any atom is -0.388 e. The van der Waals surface area contributed by atoms with Crippen molar-refractivity contribution < 1.29 is 14.4 Å². The Bertz CT molecular complexity index is 957. The summed E-state index contributed by atoms with van der Waals surface area (Å²) in [5.41, 5.74) is 0.839. The zero-order chi connectivity index (χ0) is 18.7. The van der Waals surface area contributed by atoms with Gasteiger partial charge in [-0.3, -0.25) is 0 Å². The van der Waals surface area contributed by atoms with Crippen molar-refractivity contribution in [2.75, 3.05) is 25.1 Å². The molecule has 0 aliphatic carbocycles. The van der Waals surface area contributed by atoms with Crippen molar-refractivity contribution in [1.82, 2.24) is 25.3 Å². The first kappa shape index (κ1) is 17.2. The van der Waals surface area contributed by atoms with Gasteiger partial charge in [0.15, 0.2) is 17.3 Å². The Morgan fingerprint density at radius 2 is 2.30 bits per heavy atom. The summed E-state index contributed by atoms with van der Waals surface area (Å²) in [6, 6.07) is 5.53. The molecule has 27 heavy (non-hydrogen) atoms. The third-order valence-corrected chi connectivity index (χ3v) is 4.46. The largest absolute Gasteiger partial charge is 0.388 e. The minimum atomic E-state index is -0.542. The van der Waals surface area contributed by atoms with Crippen LogP contribution in [0.4, 0.5) is 5.82 Å². The van der Waals surface area contributed by atoms with Gasteiger partial charge in [0.1, 0.15) is 12.2 Å². The number of methoxy groups -OCH3 is 1. The van der Waals surface area contributed by atoms with E-state index in [2.05, 4.69) is 42.1 Å². The van der Waals surface area contributed by atoms with Crippen LogP contribution in [0.5, 0.6) is 0 Å². The predicted molar refractivity (Wildman–Crippen MR) is 95.5 cm³/mol. The molecule has 9 heteroatoms. The van der Waals surface area contributed by atoms with Crippen LogP contribution in [0.2, 0.25) is 0 Å². The Balaban J connectivity index is 1.49. The second-order valence-corrected chi connectivity index (χ2v) is 6.17. The summed E-state index contributed by atoms with van der Waals surface area (Å²) in [6.45, 7) is 1.08. The molecule has 0 aromatic carbocycles. The summed E-state index contributed by atoms with van der Waals surface area (Å²) in [4.78, 5) is 9.10. The Kier molecular flexibility index (Phi) is 4.58. The number of aromatic nitrogens is 5. The van der Waals surface area contributed by atoms with Crippen molar-refractivity contribution in [3.05, 3.63) is 42.0 Å². The molecular weight excluding hydrogens is 348 g/mol. The van der Waals surface area contributed by atoms with Crippen LogP contribution in [0.15, 0.2) is 35.1 Å². The molecule has 1 fully saturated rings. The number of nitrogens with one attached hydrogen (secondary N) is 1. The maximum Gasteiger partial charge on any atom is 0.278 e. The van der Waals surface area contributed by atoms with Crippen LogP contribution < -0.4 is 4.90 Å². The van der Waals surface area contributed by atoms with Crippen LogP contribution in [0.1, 0.15) is 17.8 Å². The molecule has 1 aliphatic heterocycles. The molecule has 4 heterocycles. The van der Waals surface area contributed by atoms with Crippen molar-refractivity contribution in [2.45, 2.75) is 18.6 Å². The van der Waals surface area contributed by atoms with Crippen molar-refractivity contribution in [3.63, 3.8) is 0 Å². The van der Waals surface area contributed by atoms with Crippen molar-refractivity contribution in [1.29, 1.82) is 0 Å². The highest BCUT2D eigenvalue weighted by Crippen LogP contribution is 2.28. The summed E-state index contributed by atoms with van der Waals surface area (Å²) < 4.78 is 10.8. The number of aliphatic hydroxyl groups excluding tert-OH is 1. The average molecular weight is 366 g/mol. The number of ether oxygens (including phenoxy) is 1. The molecule has 3 aromatic heterocycles. The average Bonchev–Trinajstić information content (AvgIpc) is 3.47. The highest BCUT2D eigenvalue weighted by atomic mass is 16.5. The lowest BCUT2D eigenvalue weighted by Crippen LogP contribution is -2.34. The summed E-state index contributed by atoms with van der Waals surface area (Å²) in [5.74, 6) is 7.57. The number of rotatable bonds is 4. The molecule has 0 amide bonds. The molecule has 1 aliphatic rings. The van der Waals surface area contributed by atoms with E-state index in [1.807, 2.05) is 24.5 Å². The molecule has 0 spiro atoms. The number of anilines is 1. The first-order valence-corrected chi connectivity index (χ1v) is 8.45. The number of aromatic amines is 1. The predicted octanol–water partition coefficient (Wildman–Crippen LogP) is 0.994. The molecule has 1 atom stereocenters. The lowest BCUT2D eigenvalue weighted by molar-refractivity contribution is 0.0602. The van der Waals surface area contributed by atoms with Crippen LogP contribution in [0.3, 0.4) is 0 Å². The molecule has 9 nitrogen and oxygen atoms in total. The van der Waals surface area contributed by atoms with Crippen molar-refractivity contribution in [3.8, 4) is 23.4 Å². The maximum atomic E-state index is 9.01. The van der Waals surface area contributed by atoms with E-state index in [1.165, 1.54) is 0 Å². The van der Waals surface area contributed by atoms with Gasteiger partial charge in [-0.05, 0) is 18.2 Å². The standard InChI is InChI=1S/C18H18N6O3/c1-26-18(6-4-13-5-8-19-10-13)7-9-24(12-18)16-3-2-14(21-22-16)17-20-15(11-25)23-27-17/h2-3,5,8,10,19,25H,7,9,11-12H2,1H3. The lowest BCUT2D eigenvalue weighted by atomic mass is 10.0. The Labute approximate surface area is 155 Å². The zero-order valence-corrected chi connectivity index (χ0v) is 14.7. The number of hydrogen-bond donors (Lipinski definition) is 2. The molecule has 0 bridgehead atoms. The van der Waals surface area contributed by atoms with Crippen LogP contribution in [-0.2, 0) is 11.3 Å². The summed E-state index contributed by atoms with van der Waals surface area (Å²) >= 11 is 0. The third-order valence-electron chi connectivity index (χ3n) is 4.46. The fraction of sp³-hybridized carbons (Fsp3) is 0.333. The van der Waals surface area contributed by atoms with Gasteiger partial charge in [-0.1, -0.05) is 17.0 Å².